The van der Waals surface area contributed by atoms with Crippen molar-refractivity contribution in [1.29, 1.82) is 0 Å². The molecule has 0 aliphatic carbocycles. The van der Waals surface area contributed by atoms with Crippen LogP contribution in [0.3, 0.4) is 0 Å². The second-order valence-electron chi connectivity index (χ2n) is 5.54. The molecule has 1 amide bonds. The van der Waals surface area contributed by atoms with Gasteiger partial charge >= 0.3 is 0 Å². The Bertz CT molecular complexity index is 476. The van der Waals surface area contributed by atoms with Crippen molar-refractivity contribution < 1.29 is 9.18 Å². The van der Waals surface area contributed by atoms with E-state index in [1.807, 2.05) is 0 Å². The molecule has 1 heterocycles. The average Bonchev–Trinajstić information content (AvgIpc) is 2.60. The van der Waals surface area contributed by atoms with Gasteiger partial charge in [-0.1, -0.05) is 18.2 Å². The van der Waals surface area contributed by atoms with E-state index < -0.39 is 6.67 Å². The number of benzene rings is 1. The largest absolute Gasteiger partial charge is 0.336 e. The molecule has 1 aliphatic heterocycles. The van der Waals surface area contributed by atoms with Gasteiger partial charge in [-0.2, -0.15) is 0 Å². The molecular weight excluding hydrogens is 255 g/mol. The maximum Gasteiger partial charge on any atom is 0.219 e. The molecule has 4 heteroatoms. The molecule has 0 bridgehead atoms. The molecule has 0 saturated heterocycles. The van der Waals surface area contributed by atoms with E-state index in [0.717, 1.165) is 31.5 Å². The molecule has 1 aromatic carbocycles. The summed E-state index contributed by atoms with van der Waals surface area (Å²) in [4.78, 5) is 15.4. The molecule has 1 aromatic rings. The fourth-order valence-corrected chi connectivity index (χ4v) is 2.66. The first-order valence-electron chi connectivity index (χ1n) is 7.21. The van der Waals surface area contributed by atoms with Crippen molar-refractivity contribution in [3.05, 3.63) is 34.9 Å². The Kier molecular flexibility index (Phi) is 5.12. The van der Waals surface area contributed by atoms with Crippen LogP contribution >= 0.6 is 0 Å². The first kappa shape index (κ1) is 15.0. The summed E-state index contributed by atoms with van der Waals surface area (Å²) < 4.78 is 12.5. The maximum absolute atomic E-state index is 12.5. The van der Waals surface area contributed by atoms with Crippen molar-refractivity contribution in [3.63, 3.8) is 0 Å². The van der Waals surface area contributed by atoms with Crippen LogP contribution in [-0.2, 0) is 24.2 Å². The minimum absolute atomic E-state index is 0.0719. The molecule has 0 saturated carbocycles. The average molecular weight is 278 g/mol. The third kappa shape index (κ3) is 3.79. The van der Waals surface area contributed by atoms with E-state index in [2.05, 4.69) is 30.1 Å². The predicted molar refractivity (Wildman–Crippen MR) is 78.4 cm³/mol. The molecule has 110 valence electrons. The lowest BCUT2D eigenvalue weighted by molar-refractivity contribution is -0.129. The summed E-state index contributed by atoms with van der Waals surface area (Å²) in [5.74, 6) is -0.0719. The van der Waals surface area contributed by atoms with Gasteiger partial charge in [0.05, 0.1) is 0 Å². The Morgan fingerprint density at radius 3 is 2.65 bits per heavy atom. The zero-order valence-electron chi connectivity index (χ0n) is 12.4. The minimum atomic E-state index is -0.491. The first-order chi connectivity index (χ1) is 9.60. The van der Waals surface area contributed by atoms with Crippen molar-refractivity contribution >= 4 is 5.91 Å². The number of carbonyl (C=O) groups excluding carboxylic acids is 1. The summed E-state index contributed by atoms with van der Waals surface area (Å²) in [5.41, 5.74) is 3.87. The summed E-state index contributed by atoms with van der Waals surface area (Å²) in [5, 5.41) is 0. The minimum Gasteiger partial charge on any atom is -0.336 e. The van der Waals surface area contributed by atoms with Gasteiger partial charge in [0.15, 0.2) is 0 Å². The van der Waals surface area contributed by atoms with E-state index in [-0.39, 0.29) is 12.5 Å². The van der Waals surface area contributed by atoms with Crippen LogP contribution in [0.5, 0.6) is 0 Å². The van der Waals surface area contributed by atoms with Gasteiger partial charge in [-0.05, 0) is 36.6 Å². The number of nitrogens with zero attached hydrogens (tertiary/aromatic N) is 2. The summed E-state index contributed by atoms with van der Waals surface area (Å²) >= 11 is 0. The van der Waals surface area contributed by atoms with Gasteiger partial charge in [-0.25, -0.2) is 4.39 Å². The Hall–Kier alpha value is -1.42. The molecule has 0 atom stereocenters. The molecule has 0 aromatic heterocycles. The molecular formula is C16H23FN2O. The number of alkyl halides is 1. The molecule has 20 heavy (non-hydrogen) atoms. The smallest absolute Gasteiger partial charge is 0.219 e. The van der Waals surface area contributed by atoms with Gasteiger partial charge in [0.2, 0.25) is 5.91 Å². The molecule has 0 fully saturated rings. The van der Waals surface area contributed by atoms with E-state index in [1.54, 1.807) is 4.90 Å². The summed E-state index contributed by atoms with van der Waals surface area (Å²) in [6.45, 7) is 3.84. The van der Waals surface area contributed by atoms with Crippen LogP contribution in [0, 0.1) is 0 Å². The van der Waals surface area contributed by atoms with Gasteiger partial charge in [0.25, 0.3) is 0 Å². The quantitative estimate of drug-likeness (QED) is 0.841. The number of rotatable bonds is 4. The molecule has 1 aliphatic rings. The highest BCUT2D eigenvalue weighted by molar-refractivity contribution is 5.73. The van der Waals surface area contributed by atoms with Gasteiger partial charge in [-0.15, -0.1) is 0 Å². The fraction of sp³-hybridized carbons (Fsp3) is 0.562. The van der Waals surface area contributed by atoms with E-state index in [0.29, 0.717) is 6.54 Å². The van der Waals surface area contributed by atoms with Crippen molar-refractivity contribution in [2.24, 2.45) is 0 Å². The SMILES string of the molecule is CC(=O)N(CCF)Cc1ccc2c(c1)CCN(C)CC2. The number of hydrogen-bond donors (Lipinski definition) is 0. The summed E-state index contributed by atoms with van der Waals surface area (Å²) in [6.07, 6.45) is 2.12. The number of fused-ring (bicyclic) bond motifs is 1. The fourth-order valence-electron chi connectivity index (χ4n) is 2.66. The third-order valence-electron chi connectivity index (χ3n) is 3.97. The van der Waals surface area contributed by atoms with Gasteiger partial charge in [0, 0.05) is 33.1 Å². The highest BCUT2D eigenvalue weighted by atomic mass is 19.1. The number of likely N-dealkylation sites (N-methyl/N-ethyl adjacent to an activating group) is 1. The lowest BCUT2D eigenvalue weighted by Crippen LogP contribution is -2.30. The van der Waals surface area contributed by atoms with Crippen LogP contribution in [0.4, 0.5) is 4.39 Å². The van der Waals surface area contributed by atoms with E-state index in [4.69, 9.17) is 0 Å². The normalized spacial score (nSPS) is 15.6. The van der Waals surface area contributed by atoms with Gasteiger partial charge in [-0.3, -0.25) is 4.79 Å². The number of carbonyl (C=O) groups is 1. The summed E-state index contributed by atoms with van der Waals surface area (Å²) in [6, 6.07) is 6.42. The maximum atomic E-state index is 12.5. The highest BCUT2D eigenvalue weighted by Crippen LogP contribution is 2.18. The second kappa shape index (κ2) is 6.84. The van der Waals surface area contributed by atoms with Crippen LogP contribution < -0.4 is 0 Å². The van der Waals surface area contributed by atoms with Crippen LogP contribution in [0.25, 0.3) is 0 Å². The Balaban J connectivity index is 2.12. The van der Waals surface area contributed by atoms with Crippen LogP contribution in [0.15, 0.2) is 18.2 Å². The molecule has 3 nitrogen and oxygen atoms in total. The van der Waals surface area contributed by atoms with Crippen molar-refractivity contribution in [1.82, 2.24) is 9.80 Å². The van der Waals surface area contributed by atoms with Crippen molar-refractivity contribution in [3.8, 4) is 0 Å². The summed E-state index contributed by atoms with van der Waals surface area (Å²) in [7, 11) is 2.14. The third-order valence-corrected chi connectivity index (χ3v) is 3.97. The van der Waals surface area contributed by atoms with Crippen LogP contribution in [0.2, 0.25) is 0 Å². The topological polar surface area (TPSA) is 23.6 Å². The van der Waals surface area contributed by atoms with Crippen LogP contribution in [-0.4, -0.2) is 49.1 Å². The molecule has 0 radical (unpaired) electrons. The van der Waals surface area contributed by atoms with Crippen LogP contribution in [0.1, 0.15) is 23.6 Å². The van der Waals surface area contributed by atoms with E-state index >= 15 is 0 Å². The molecule has 2 rings (SSSR count). The van der Waals surface area contributed by atoms with Crippen molar-refractivity contribution in [2.45, 2.75) is 26.3 Å². The molecule has 0 unspecified atom stereocenters. The Morgan fingerprint density at radius 2 is 2.00 bits per heavy atom. The number of hydrogen-bond acceptors (Lipinski definition) is 2. The molecule has 0 N–H and O–H groups in total. The standard InChI is InChI=1S/C16H23FN2O/c1-13(20)19(10-7-17)12-14-3-4-15-5-8-18(2)9-6-16(15)11-14/h3-4,11H,5-10,12H2,1-2H3. The predicted octanol–water partition coefficient (Wildman–Crippen LogP) is 2.04. The monoisotopic (exact) mass is 278 g/mol. The first-order valence-corrected chi connectivity index (χ1v) is 7.21. The van der Waals surface area contributed by atoms with Crippen molar-refractivity contribution in [2.75, 3.05) is 33.4 Å². The van der Waals surface area contributed by atoms with E-state index in [1.165, 1.54) is 18.1 Å². The highest BCUT2D eigenvalue weighted by Gasteiger charge is 2.13. The number of amides is 1. The lowest BCUT2D eigenvalue weighted by atomic mass is 10.00. The van der Waals surface area contributed by atoms with E-state index in [9.17, 15) is 9.18 Å². The second-order valence-corrected chi connectivity index (χ2v) is 5.54. The number of halogens is 1. The van der Waals surface area contributed by atoms with Gasteiger partial charge < -0.3 is 9.80 Å². The zero-order chi connectivity index (χ0) is 14.5. The van der Waals surface area contributed by atoms with Gasteiger partial charge in [0.1, 0.15) is 6.67 Å². The Morgan fingerprint density at radius 1 is 1.30 bits per heavy atom. The molecule has 0 spiro atoms. The Labute approximate surface area is 120 Å². The zero-order valence-corrected chi connectivity index (χ0v) is 12.4. The lowest BCUT2D eigenvalue weighted by Gasteiger charge is -2.20.